The molecule has 1 heterocycles. The molecule has 0 atom stereocenters. The molecule has 3 amide bonds. The Hall–Kier alpha value is -1.78. The van der Waals surface area contributed by atoms with Crippen LogP contribution in [0.4, 0.5) is 4.79 Å². The molecule has 0 bridgehead atoms. The predicted octanol–water partition coefficient (Wildman–Crippen LogP) is 0.739. The van der Waals surface area contributed by atoms with E-state index in [1.807, 2.05) is 0 Å². The molecule has 1 aromatic rings. The van der Waals surface area contributed by atoms with Gasteiger partial charge in [0, 0.05) is 6.54 Å². The molecule has 0 unspecified atom stereocenters. The summed E-state index contributed by atoms with van der Waals surface area (Å²) in [6, 6.07) is 2.53. The highest BCUT2D eigenvalue weighted by molar-refractivity contribution is 6.02. The summed E-state index contributed by atoms with van der Waals surface area (Å²) in [5.74, 6) is -0.429. The van der Waals surface area contributed by atoms with E-state index in [9.17, 15) is 9.59 Å². The molecule has 70 valence electrons. The number of hydrogen-bond donors (Lipinski definition) is 2. The van der Waals surface area contributed by atoms with Crippen molar-refractivity contribution in [3.8, 4) is 0 Å². The number of carbonyl (C=O) groups excluding carboxylic acids is 2. The molecular weight excluding hydrogens is 172 g/mol. The van der Waals surface area contributed by atoms with Crippen molar-refractivity contribution in [2.75, 3.05) is 6.54 Å². The van der Waals surface area contributed by atoms with Gasteiger partial charge in [0.15, 0.2) is 5.76 Å². The number of carbonyl (C=O) groups is 2. The van der Waals surface area contributed by atoms with Gasteiger partial charge in [-0.25, -0.2) is 4.79 Å². The van der Waals surface area contributed by atoms with Crippen molar-refractivity contribution < 1.29 is 14.0 Å². The molecule has 0 aliphatic carbocycles. The second-order valence-electron chi connectivity index (χ2n) is 2.29. The smallest absolute Gasteiger partial charge is 0.321 e. The normalized spacial score (nSPS) is 9.31. The molecular formula is C8H10N2O3. The standard InChI is InChI=1S/C8H10N2O3/c1-2-9-8(12)10-7(11)6-4-3-5-13-6/h3-5H,2H2,1H3,(H2,9,10,11,12). The Balaban J connectivity index is 2.47. The van der Waals surface area contributed by atoms with E-state index in [4.69, 9.17) is 4.42 Å². The third-order valence-corrected chi connectivity index (χ3v) is 1.31. The zero-order chi connectivity index (χ0) is 9.68. The van der Waals surface area contributed by atoms with Gasteiger partial charge < -0.3 is 9.73 Å². The Morgan fingerprint density at radius 3 is 2.85 bits per heavy atom. The van der Waals surface area contributed by atoms with E-state index < -0.39 is 11.9 Å². The molecule has 13 heavy (non-hydrogen) atoms. The Morgan fingerprint density at radius 2 is 2.31 bits per heavy atom. The van der Waals surface area contributed by atoms with Crippen LogP contribution in [0.1, 0.15) is 17.5 Å². The van der Waals surface area contributed by atoms with Crippen molar-refractivity contribution in [1.82, 2.24) is 10.6 Å². The Morgan fingerprint density at radius 1 is 1.54 bits per heavy atom. The first-order chi connectivity index (χ1) is 6.24. The maximum Gasteiger partial charge on any atom is 0.321 e. The average molecular weight is 182 g/mol. The SMILES string of the molecule is CCNC(=O)NC(=O)c1ccco1. The topological polar surface area (TPSA) is 71.3 Å². The van der Waals surface area contributed by atoms with Gasteiger partial charge in [0.2, 0.25) is 0 Å². The van der Waals surface area contributed by atoms with E-state index in [1.165, 1.54) is 12.3 Å². The van der Waals surface area contributed by atoms with Crippen molar-refractivity contribution in [2.24, 2.45) is 0 Å². The van der Waals surface area contributed by atoms with E-state index in [0.29, 0.717) is 6.54 Å². The molecule has 2 N–H and O–H groups in total. The van der Waals surface area contributed by atoms with Gasteiger partial charge >= 0.3 is 6.03 Å². The van der Waals surface area contributed by atoms with Gasteiger partial charge in [0.1, 0.15) is 0 Å². The van der Waals surface area contributed by atoms with Gasteiger partial charge in [0.25, 0.3) is 5.91 Å². The van der Waals surface area contributed by atoms with Crippen LogP contribution in [-0.2, 0) is 0 Å². The molecule has 0 spiro atoms. The molecule has 5 nitrogen and oxygen atoms in total. The maximum atomic E-state index is 11.1. The number of nitrogens with one attached hydrogen (secondary N) is 2. The van der Waals surface area contributed by atoms with Crippen LogP contribution in [-0.4, -0.2) is 18.5 Å². The van der Waals surface area contributed by atoms with Crippen LogP contribution < -0.4 is 10.6 Å². The van der Waals surface area contributed by atoms with Gasteiger partial charge in [-0.1, -0.05) is 0 Å². The van der Waals surface area contributed by atoms with Crippen LogP contribution in [0, 0.1) is 0 Å². The van der Waals surface area contributed by atoms with E-state index >= 15 is 0 Å². The highest BCUT2D eigenvalue weighted by atomic mass is 16.3. The second-order valence-corrected chi connectivity index (χ2v) is 2.29. The van der Waals surface area contributed by atoms with Gasteiger partial charge in [-0.05, 0) is 19.1 Å². The van der Waals surface area contributed by atoms with Crippen molar-refractivity contribution in [3.63, 3.8) is 0 Å². The van der Waals surface area contributed by atoms with Crippen LogP contribution >= 0.6 is 0 Å². The summed E-state index contributed by atoms with van der Waals surface area (Å²) in [6.07, 6.45) is 1.37. The molecule has 0 fully saturated rings. The fourth-order valence-electron chi connectivity index (χ4n) is 0.777. The lowest BCUT2D eigenvalue weighted by Crippen LogP contribution is -2.39. The first-order valence-corrected chi connectivity index (χ1v) is 3.86. The largest absolute Gasteiger partial charge is 0.459 e. The Bertz CT molecular complexity index is 292. The highest BCUT2D eigenvalue weighted by Gasteiger charge is 2.10. The summed E-state index contributed by atoms with van der Waals surface area (Å²) in [5, 5.41) is 4.53. The highest BCUT2D eigenvalue weighted by Crippen LogP contribution is 1.98. The molecule has 1 aromatic heterocycles. The molecule has 0 radical (unpaired) electrons. The number of amides is 3. The van der Waals surface area contributed by atoms with Crippen molar-refractivity contribution in [1.29, 1.82) is 0 Å². The lowest BCUT2D eigenvalue weighted by Gasteiger charge is -2.01. The van der Waals surface area contributed by atoms with E-state index in [-0.39, 0.29) is 5.76 Å². The van der Waals surface area contributed by atoms with Gasteiger partial charge in [-0.15, -0.1) is 0 Å². The van der Waals surface area contributed by atoms with E-state index in [0.717, 1.165) is 0 Å². The van der Waals surface area contributed by atoms with Gasteiger partial charge in [-0.3, -0.25) is 10.1 Å². The van der Waals surface area contributed by atoms with Crippen LogP contribution in [0.2, 0.25) is 0 Å². The summed E-state index contributed by atoms with van der Waals surface area (Å²) < 4.78 is 4.78. The van der Waals surface area contributed by atoms with Crippen LogP contribution in [0.25, 0.3) is 0 Å². The number of imide groups is 1. The number of rotatable bonds is 2. The second kappa shape index (κ2) is 4.30. The van der Waals surface area contributed by atoms with Crippen molar-refractivity contribution in [2.45, 2.75) is 6.92 Å². The monoisotopic (exact) mass is 182 g/mol. The molecule has 1 rings (SSSR count). The third-order valence-electron chi connectivity index (χ3n) is 1.31. The van der Waals surface area contributed by atoms with E-state index in [1.54, 1.807) is 13.0 Å². The third kappa shape index (κ3) is 2.62. The van der Waals surface area contributed by atoms with Gasteiger partial charge in [-0.2, -0.15) is 0 Å². The number of hydrogen-bond acceptors (Lipinski definition) is 3. The molecule has 0 aliphatic heterocycles. The maximum absolute atomic E-state index is 11.1. The zero-order valence-corrected chi connectivity index (χ0v) is 7.16. The van der Waals surface area contributed by atoms with Gasteiger partial charge in [0.05, 0.1) is 6.26 Å². The number of urea groups is 1. The zero-order valence-electron chi connectivity index (χ0n) is 7.16. The summed E-state index contributed by atoms with van der Waals surface area (Å²) in [6.45, 7) is 2.23. The lowest BCUT2D eigenvalue weighted by atomic mass is 10.4. The molecule has 5 heteroatoms. The Labute approximate surface area is 75.1 Å². The van der Waals surface area contributed by atoms with Crippen molar-refractivity contribution in [3.05, 3.63) is 24.2 Å². The minimum absolute atomic E-state index is 0.117. The summed E-state index contributed by atoms with van der Waals surface area (Å²) in [4.78, 5) is 22.0. The molecule has 0 aliphatic rings. The summed E-state index contributed by atoms with van der Waals surface area (Å²) in [7, 11) is 0. The van der Waals surface area contributed by atoms with Crippen LogP contribution in [0.5, 0.6) is 0 Å². The molecule has 0 saturated heterocycles. The fourth-order valence-corrected chi connectivity index (χ4v) is 0.777. The first-order valence-electron chi connectivity index (χ1n) is 3.86. The predicted molar refractivity (Wildman–Crippen MR) is 45.2 cm³/mol. The quantitative estimate of drug-likeness (QED) is 0.708. The molecule has 0 saturated carbocycles. The summed E-state index contributed by atoms with van der Waals surface area (Å²) >= 11 is 0. The minimum atomic E-state index is -0.545. The van der Waals surface area contributed by atoms with E-state index in [2.05, 4.69) is 10.6 Å². The lowest BCUT2D eigenvalue weighted by molar-refractivity contribution is 0.0937. The first kappa shape index (κ1) is 9.31. The number of furan rings is 1. The van der Waals surface area contributed by atoms with Crippen molar-refractivity contribution >= 4 is 11.9 Å². The minimum Gasteiger partial charge on any atom is -0.459 e. The van der Waals surface area contributed by atoms with Crippen LogP contribution in [0.15, 0.2) is 22.8 Å². The Kier molecular flexibility index (Phi) is 3.08. The summed E-state index contributed by atoms with van der Waals surface area (Å²) in [5.41, 5.74) is 0. The van der Waals surface area contributed by atoms with Crippen LogP contribution in [0.3, 0.4) is 0 Å². The molecule has 0 aromatic carbocycles. The fraction of sp³-hybridized carbons (Fsp3) is 0.250. The average Bonchev–Trinajstić information content (AvgIpc) is 2.55.